The molecule has 0 amide bonds. The van der Waals surface area contributed by atoms with E-state index >= 15 is 0 Å². The molecule has 3 nitrogen and oxygen atoms in total. The van der Waals surface area contributed by atoms with Gasteiger partial charge in [0.15, 0.2) is 10.3 Å². The summed E-state index contributed by atoms with van der Waals surface area (Å²) in [6.07, 6.45) is 1.08. The van der Waals surface area contributed by atoms with Crippen molar-refractivity contribution in [1.82, 2.24) is 10.2 Å². The molecule has 0 radical (unpaired) electrons. The van der Waals surface area contributed by atoms with Crippen molar-refractivity contribution in [1.29, 1.82) is 0 Å². The molecule has 1 aliphatic rings. The first kappa shape index (κ1) is 9.19. The van der Waals surface area contributed by atoms with Crippen LogP contribution in [0.15, 0.2) is 6.07 Å². The number of rotatable bonds is 2. The molecule has 2 rings (SSSR count). The van der Waals surface area contributed by atoms with Crippen LogP contribution in [0.25, 0.3) is 0 Å². The number of aromatic nitrogens is 2. The Bertz CT molecular complexity index is 329. The number of hydrogen-bond acceptors (Lipinski definition) is 3. The first-order chi connectivity index (χ1) is 6.22. The smallest absolute Gasteiger partial charge is 0.155 e. The highest BCUT2D eigenvalue weighted by Gasteiger charge is 2.38. The Morgan fingerprint density at radius 1 is 1.46 bits per heavy atom. The summed E-state index contributed by atoms with van der Waals surface area (Å²) in [4.78, 5) is 0. The van der Waals surface area contributed by atoms with E-state index in [4.69, 9.17) is 28.9 Å². The van der Waals surface area contributed by atoms with E-state index in [1.807, 2.05) is 0 Å². The molecule has 0 aromatic carbocycles. The second-order valence-electron chi connectivity index (χ2n) is 3.25. The van der Waals surface area contributed by atoms with Gasteiger partial charge in [0.2, 0.25) is 0 Å². The Morgan fingerprint density at radius 2 is 2.23 bits per heavy atom. The molecule has 13 heavy (non-hydrogen) atoms. The lowest BCUT2D eigenvalue weighted by atomic mass is 10.2. The van der Waals surface area contributed by atoms with Crippen LogP contribution in [0, 0.1) is 5.92 Å². The first-order valence-electron chi connectivity index (χ1n) is 4.11. The molecule has 1 saturated carbocycles. The van der Waals surface area contributed by atoms with Crippen molar-refractivity contribution in [2.75, 3.05) is 6.54 Å². The molecule has 2 N–H and O–H groups in total. The van der Waals surface area contributed by atoms with E-state index < -0.39 is 0 Å². The molecule has 2 unspecified atom stereocenters. The van der Waals surface area contributed by atoms with Gasteiger partial charge in [-0.25, -0.2) is 0 Å². The molecule has 5 heteroatoms. The zero-order valence-electron chi connectivity index (χ0n) is 6.87. The van der Waals surface area contributed by atoms with Crippen molar-refractivity contribution in [3.63, 3.8) is 0 Å². The monoisotopic (exact) mass is 217 g/mol. The highest BCUT2D eigenvalue weighted by molar-refractivity contribution is 6.31. The van der Waals surface area contributed by atoms with Gasteiger partial charge in [0.1, 0.15) is 0 Å². The third-order valence-corrected chi connectivity index (χ3v) is 2.85. The van der Waals surface area contributed by atoms with Gasteiger partial charge in [-0.15, -0.1) is 10.2 Å². The minimum atomic E-state index is 0.391. The van der Waals surface area contributed by atoms with Crippen molar-refractivity contribution in [3.05, 3.63) is 21.9 Å². The molecular formula is C8H9Cl2N3. The molecule has 1 aliphatic carbocycles. The van der Waals surface area contributed by atoms with Crippen LogP contribution >= 0.6 is 23.2 Å². The maximum Gasteiger partial charge on any atom is 0.155 e. The second kappa shape index (κ2) is 3.40. The SMILES string of the molecule is NCC1CC1c1cc(Cl)nnc1Cl. The fourth-order valence-electron chi connectivity index (χ4n) is 1.52. The normalized spacial score (nSPS) is 26.1. The predicted octanol–water partition coefficient (Wildman–Crippen LogP) is 1.85. The van der Waals surface area contributed by atoms with E-state index in [-0.39, 0.29) is 0 Å². The van der Waals surface area contributed by atoms with Crippen LogP contribution in [0.3, 0.4) is 0 Å². The predicted molar refractivity (Wildman–Crippen MR) is 52.0 cm³/mol. The lowest BCUT2D eigenvalue weighted by Gasteiger charge is -2.00. The molecular weight excluding hydrogens is 209 g/mol. The molecule has 1 aromatic rings. The number of halogens is 2. The van der Waals surface area contributed by atoms with Crippen LogP contribution in [-0.2, 0) is 0 Å². The average molecular weight is 218 g/mol. The molecule has 1 heterocycles. The van der Waals surface area contributed by atoms with Gasteiger partial charge >= 0.3 is 0 Å². The largest absolute Gasteiger partial charge is 0.330 e. The zero-order valence-corrected chi connectivity index (χ0v) is 8.39. The molecule has 2 atom stereocenters. The van der Waals surface area contributed by atoms with E-state index in [0.29, 0.717) is 28.7 Å². The van der Waals surface area contributed by atoms with Gasteiger partial charge in [0, 0.05) is 0 Å². The van der Waals surface area contributed by atoms with Crippen LogP contribution in [0.4, 0.5) is 0 Å². The maximum absolute atomic E-state index is 5.88. The Balaban J connectivity index is 2.25. The van der Waals surface area contributed by atoms with Crippen molar-refractivity contribution < 1.29 is 0 Å². The van der Waals surface area contributed by atoms with Crippen LogP contribution in [0.2, 0.25) is 10.3 Å². The fraction of sp³-hybridized carbons (Fsp3) is 0.500. The summed E-state index contributed by atoms with van der Waals surface area (Å²) in [6.45, 7) is 0.695. The van der Waals surface area contributed by atoms with E-state index in [1.165, 1.54) is 0 Å². The highest BCUT2D eigenvalue weighted by atomic mass is 35.5. The maximum atomic E-state index is 5.88. The van der Waals surface area contributed by atoms with Crippen molar-refractivity contribution in [3.8, 4) is 0 Å². The van der Waals surface area contributed by atoms with Crippen LogP contribution < -0.4 is 5.73 Å². The fourth-order valence-corrected chi connectivity index (χ4v) is 1.90. The van der Waals surface area contributed by atoms with E-state index in [2.05, 4.69) is 10.2 Å². The van der Waals surface area contributed by atoms with Gasteiger partial charge < -0.3 is 5.73 Å². The number of nitrogens with zero attached hydrogens (tertiary/aromatic N) is 2. The molecule has 1 aromatic heterocycles. The summed E-state index contributed by atoms with van der Waals surface area (Å²) >= 11 is 11.6. The first-order valence-corrected chi connectivity index (χ1v) is 4.86. The second-order valence-corrected chi connectivity index (χ2v) is 4.00. The Hall–Kier alpha value is -0.380. The Kier molecular flexibility index (Phi) is 2.41. The molecule has 0 spiro atoms. The average Bonchev–Trinajstić information content (AvgIpc) is 2.88. The van der Waals surface area contributed by atoms with Gasteiger partial charge in [0.25, 0.3) is 0 Å². The summed E-state index contributed by atoms with van der Waals surface area (Å²) < 4.78 is 0. The molecule has 0 saturated heterocycles. The van der Waals surface area contributed by atoms with E-state index in [1.54, 1.807) is 6.07 Å². The van der Waals surface area contributed by atoms with Gasteiger partial charge in [-0.05, 0) is 36.4 Å². The molecule has 1 fully saturated rings. The van der Waals surface area contributed by atoms with Crippen LogP contribution in [0.1, 0.15) is 17.9 Å². The topological polar surface area (TPSA) is 51.8 Å². The Labute approximate surface area is 86.2 Å². The molecule has 70 valence electrons. The van der Waals surface area contributed by atoms with Crippen LogP contribution in [-0.4, -0.2) is 16.7 Å². The summed E-state index contributed by atoms with van der Waals surface area (Å²) in [6, 6.07) is 1.78. The van der Waals surface area contributed by atoms with Gasteiger partial charge in [-0.2, -0.15) is 0 Å². The summed E-state index contributed by atoms with van der Waals surface area (Å²) in [5.41, 5.74) is 6.52. The molecule has 0 bridgehead atoms. The van der Waals surface area contributed by atoms with Gasteiger partial charge in [0.05, 0.1) is 0 Å². The third-order valence-electron chi connectivity index (χ3n) is 2.37. The quantitative estimate of drug-likeness (QED) is 0.823. The lowest BCUT2D eigenvalue weighted by Crippen LogP contribution is -2.02. The van der Waals surface area contributed by atoms with Crippen molar-refractivity contribution in [2.24, 2.45) is 11.7 Å². The molecule has 0 aliphatic heterocycles. The van der Waals surface area contributed by atoms with Crippen molar-refractivity contribution >= 4 is 23.2 Å². The summed E-state index contributed by atoms with van der Waals surface area (Å²) in [5.74, 6) is 0.975. The van der Waals surface area contributed by atoms with Crippen LogP contribution in [0.5, 0.6) is 0 Å². The van der Waals surface area contributed by atoms with E-state index in [9.17, 15) is 0 Å². The minimum absolute atomic E-state index is 0.391. The van der Waals surface area contributed by atoms with E-state index in [0.717, 1.165) is 12.0 Å². The minimum Gasteiger partial charge on any atom is -0.330 e. The number of hydrogen-bond donors (Lipinski definition) is 1. The lowest BCUT2D eigenvalue weighted by molar-refractivity contribution is 0.804. The number of nitrogens with two attached hydrogens (primary N) is 1. The zero-order chi connectivity index (χ0) is 9.42. The van der Waals surface area contributed by atoms with Gasteiger partial charge in [-0.3, -0.25) is 0 Å². The summed E-state index contributed by atoms with van der Waals surface area (Å²) in [5, 5.41) is 8.24. The van der Waals surface area contributed by atoms with Gasteiger partial charge in [-0.1, -0.05) is 23.2 Å². The van der Waals surface area contributed by atoms with Crippen molar-refractivity contribution in [2.45, 2.75) is 12.3 Å². The Morgan fingerprint density at radius 3 is 2.85 bits per heavy atom. The third kappa shape index (κ3) is 1.77. The highest BCUT2D eigenvalue weighted by Crippen LogP contribution is 2.48. The summed E-state index contributed by atoms with van der Waals surface area (Å²) in [7, 11) is 0. The standard InChI is InChI=1S/C8H9Cl2N3/c9-7-2-6(8(10)13-12-7)5-1-4(5)3-11/h2,4-5H,1,3,11H2.